The van der Waals surface area contributed by atoms with Crippen molar-refractivity contribution >= 4 is 24.2 Å². The number of halogens is 2. The number of carbonyl (C=O) groups excluding carboxylic acids is 2. The van der Waals surface area contributed by atoms with Gasteiger partial charge in [0, 0.05) is 0 Å². The van der Waals surface area contributed by atoms with Crippen molar-refractivity contribution in [3.05, 3.63) is 35.6 Å². The van der Waals surface area contributed by atoms with Crippen LogP contribution in [0.3, 0.4) is 0 Å². The first kappa shape index (κ1) is 18.3. The van der Waals surface area contributed by atoms with Crippen LogP contribution in [-0.4, -0.2) is 24.9 Å². The van der Waals surface area contributed by atoms with E-state index in [2.05, 4.69) is 10.6 Å². The van der Waals surface area contributed by atoms with Gasteiger partial charge in [-0.1, -0.05) is 12.1 Å². The smallest absolute Gasteiger partial charge is 0.240 e. The summed E-state index contributed by atoms with van der Waals surface area (Å²) in [5.41, 5.74) is 5.02. The van der Waals surface area contributed by atoms with Crippen molar-refractivity contribution in [1.29, 1.82) is 0 Å². The third-order valence-electron chi connectivity index (χ3n) is 2.63. The molecule has 112 valence electrons. The summed E-state index contributed by atoms with van der Waals surface area (Å²) >= 11 is 0. The monoisotopic (exact) mass is 303 g/mol. The molecule has 20 heavy (non-hydrogen) atoms. The third-order valence-corrected chi connectivity index (χ3v) is 2.63. The maximum Gasteiger partial charge on any atom is 0.240 e. The molecule has 1 aromatic carbocycles. The standard InChI is InChI=1S/C13H18FN3O2.ClH/c1-13(2,9-4-3-5-10(14)6-9)17-12(19)8-16-11(18)7-15;/h3-6H,7-8,15H2,1-2H3,(H,16,18)(H,17,19);1H. The molecule has 1 aromatic rings. The zero-order chi connectivity index (χ0) is 14.5. The molecule has 0 saturated heterocycles. The van der Waals surface area contributed by atoms with Crippen LogP contribution in [0, 0.1) is 5.82 Å². The highest BCUT2D eigenvalue weighted by Crippen LogP contribution is 2.20. The van der Waals surface area contributed by atoms with Crippen LogP contribution in [-0.2, 0) is 15.1 Å². The lowest BCUT2D eigenvalue weighted by atomic mass is 9.94. The van der Waals surface area contributed by atoms with Gasteiger partial charge < -0.3 is 16.4 Å². The minimum atomic E-state index is -0.730. The minimum absolute atomic E-state index is 0. The van der Waals surface area contributed by atoms with Gasteiger partial charge in [-0.15, -0.1) is 12.4 Å². The highest BCUT2D eigenvalue weighted by molar-refractivity contribution is 5.86. The molecule has 7 heteroatoms. The fourth-order valence-electron chi connectivity index (χ4n) is 1.59. The van der Waals surface area contributed by atoms with E-state index in [4.69, 9.17) is 5.73 Å². The Hall–Kier alpha value is -1.66. The number of hydrogen-bond acceptors (Lipinski definition) is 3. The Balaban J connectivity index is 0.00000361. The van der Waals surface area contributed by atoms with Gasteiger partial charge in [-0.2, -0.15) is 0 Å². The molecule has 1 rings (SSSR count). The van der Waals surface area contributed by atoms with E-state index in [-0.39, 0.29) is 37.2 Å². The minimum Gasteiger partial charge on any atom is -0.346 e. The molecule has 2 amide bonds. The van der Waals surface area contributed by atoms with Gasteiger partial charge in [0.15, 0.2) is 0 Å². The lowest BCUT2D eigenvalue weighted by Gasteiger charge is -2.27. The van der Waals surface area contributed by atoms with Crippen LogP contribution in [0.2, 0.25) is 0 Å². The molecule has 0 heterocycles. The Morgan fingerprint density at radius 2 is 1.95 bits per heavy atom. The van der Waals surface area contributed by atoms with Crippen LogP contribution in [0.1, 0.15) is 19.4 Å². The van der Waals surface area contributed by atoms with E-state index in [0.29, 0.717) is 5.56 Å². The molecule has 5 nitrogen and oxygen atoms in total. The van der Waals surface area contributed by atoms with Crippen molar-refractivity contribution in [2.24, 2.45) is 5.73 Å². The summed E-state index contributed by atoms with van der Waals surface area (Å²) in [6, 6.07) is 6.00. The van der Waals surface area contributed by atoms with Crippen LogP contribution in [0.4, 0.5) is 4.39 Å². The van der Waals surface area contributed by atoms with Crippen molar-refractivity contribution in [2.75, 3.05) is 13.1 Å². The Morgan fingerprint density at radius 1 is 1.30 bits per heavy atom. The van der Waals surface area contributed by atoms with E-state index in [0.717, 1.165) is 0 Å². The molecule has 0 aliphatic carbocycles. The van der Waals surface area contributed by atoms with Gasteiger partial charge in [0.25, 0.3) is 0 Å². The Morgan fingerprint density at radius 3 is 2.50 bits per heavy atom. The topological polar surface area (TPSA) is 84.2 Å². The summed E-state index contributed by atoms with van der Waals surface area (Å²) in [6.45, 7) is 3.18. The van der Waals surface area contributed by atoms with E-state index >= 15 is 0 Å². The van der Waals surface area contributed by atoms with Crippen molar-refractivity contribution in [3.8, 4) is 0 Å². The molecule has 0 aromatic heterocycles. The summed E-state index contributed by atoms with van der Waals surface area (Å²) in [7, 11) is 0. The van der Waals surface area contributed by atoms with Gasteiger partial charge in [-0.05, 0) is 31.5 Å². The number of nitrogens with one attached hydrogen (secondary N) is 2. The normalized spacial score (nSPS) is 10.4. The second-order valence-electron chi connectivity index (χ2n) is 4.66. The van der Waals surface area contributed by atoms with Gasteiger partial charge in [-0.25, -0.2) is 4.39 Å². The summed E-state index contributed by atoms with van der Waals surface area (Å²) < 4.78 is 13.2. The average Bonchev–Trinajstić information content (AvgIpc) is 2.35. The van der Waals surface area contributed by atoms with Gasteiger partial charge in [0.2, 0.25) is 11.8 Å². The Labute approximate surface area is 123 Å². The first-order valence-electron chi connectivity index (χ1n) is 5.89. The van der Waals surface area contributed by atoms with Gasteiger partial charge >= 0.3 is 0 Å². The van der Waals surface area contributed by atoms with Crippen LogP contribution < -0.4 is 16.4 Å². The molecule has 0 saturated carbocycles. The number of amides is 2. The zero-order valence-corrected chi connectivity index (χ0v) is 12.2. The highest BCUT2D eigenvalue weighted by Gasteiger charge is 2.23. The highest BCUT2D eigenvalue weighted by atomic mass is 35.5. The van der Waals surface area contributed by atoms with Crippen LogP contribution >= 0.6 is 12.4 Å². The van der Waals surface area contributed by atoms with E-state index in [1.165, 1.54) is 12.1 Å². The third kappa shape index (κ3) is 5.54. The lowest BCUT2D eigenvalue weighted by molar-refractivity contribution is -0.126. The molecule has 0 atom stereocenters. The summed E-state index contributed by atoms with van der Waals surface area (Å²) in [4.78, 5) is 22.6. The molecular weight excluding hydrogens is 285 g/mol. The van der Waals surface area contributed by atoms with Crippen molar-refractivity contribution in [2.45, 2.75) is 19.4 Å². The van der Waals surface area contributed by atoms with E-state index in [1.54, 1.807) is 26.0 Å². The van der Waals surface area contributed by atoms with Gasteiger partial charge in [0.05, 0.1) is 18.6 Å². The fraction of sp³-hybridized carbons (Fsp3) is 0.385. The van der Waals surface area contributed by atoms with Crippen molar-refractivity contribution < 1.29 is 14.0 Å². The number of benzene rings is 1. The molecular formula is C13H19ClFN3O2. The predicted octanol–water partition coefficient (Wildman–Crippen LogP) is 0.674. The Bertz CT molecular complexity index is 480. The Kier molecular flexibility index (Phi) is 7.17. The second-order valence-corrected chi connectivity index (χ2v) is 4.66. The van der Waals surface area contributed by atoms with Gasteiger partial charge in [-0.3, -0.25) is 9.59 Å². The number of hydrogen-bond donors (Lipinski definition) is 3. The summed E-state index contributed by atoms with van der Waals surface area (Å²) in [5.74, 6) is -1.13. The van der Waals surface area contributed by atoms with Crippen molar-refractivity contribution in [3.63, 3.8) is 0 Å². The number of rotatable bonds is 5. The molecule has 0 unspecified atom stereocenters. The van der Waals surface area contributed by atoms with Crippen molar-refractivity contribution in [1.82, 2.24) is 10.6 Å². The molecule has 0 bridgehead atoms. The van der Waals surface area contributed by atoms with E-state index < -0.39 is 11.4 Å². The maximum atomic E-state index is 13.2. The first-order valence-corrected chi connectivity index (χ1v) is 5.89. The summed E-state index contributed by atoms with van der Waals surface area (Å²) in [6.07, 6.45) is 0. The van der Waals surface area contributed by atoms with Crippen LogP contribution in [0.25, 0.3) is 0 Å². The van der Waals surface area contributed by atoms with Crippen LogP contribution in [0.15, 0.2) is 24.3 Å². The number of carbonyl (C=O) groups is 2. The quantitative estimate of drug-likeness (QED) is 0.747. The molecule has 0 aliphatic heterocycles. The summed E-state index contributed by atoms with van der Waals surface area (Å²) in [5, 5.41) is 5.09. The average molecular weight is 304 g/mol. The van der Waals surface area contributed by atoms with E-state index in [1.807, 2.05) is 0 Å². The van der Waals surface area contributed by atoms with E-state index in [9.17, 15) is 14.0 Å². The molecule has 0 aliphatic rings. The SMILES string of the molecule is CC(C)(NC(=O)CNC(=O)CN)c1cccc(F)c1.Cl. The number of nitrogens with two attached hydrogens (primary N) is 1. The largest absolute Gasteiger partial charge is 0.346 e. The molecule has 0 spiro atoms. The fourth-order valence-corrected chi connectivity index (χ4v) is 1.59. The molecule has 0 fully saturated rings. The lowest BCUT2D eigenvalue weighted by Crippen LogP contribution is -2.46. The van der Waals surface area contributed by atoms with Crippen LogP contribution in [0.5, 0.6) is 0 Å². The van der Waals surface area contributed by atoms with Gasteiger partial charge in [0.1, 0.15) is 5.82 Å². The first-order chi connectivity index (χ1) is 8.85. The second kappa shape index (κ2) is 7.81. The molecule has 4 N–H and O–H groups in total. The molecule has 0 radical (unpaired) electrons. The predicted molar refractivity (Wildman–Crippen MR) is 76.9 cm³/mol. The maximum absolute atomic E-state index is 13.2. The zero-order valence-electron chi connectivity index (χ0n) is 11.4.